The van der Waals surface area contributed by atoms with Gasteiger partial charge >= 0.3 is 11.9 Å². The summed E-state index contributed by atoms with van der Waals surface area (Å²) in [6.07, 6.45) is 8.59. The number of rotatable bonds is 4. The third-order valence-corrected chi connectivity index (χ3v) is 9.07. The van der Waals surface area contributed by atoms with Crippen LogP contribution in [0.15, 0.2) is 11.6 Å². The summed E-state index contributed by atoms with van der Waals surface area (Å²) in [5, 5.41) is -0.230. The summed E-state index contributed by atoms with van der Waals surface area (Å²) in [5.41, 5.74) is -0.246. The van der Waals surface area contributed by atoms with E-state index in [1.54, 1.807) is 11.8 Å². The third kappa shape index (κ3) is 3.90. The lowest BCUT2D eigenvalue weighted by atomic mass is 9.56. The topological polar surface area (TPSA) is 72.9 Å². The zero-order valence-electron chi connectivity index (χ0n) is 18.6. The highest BCUT2D eigenvalue weighted by Crippen LogP contribution is 2.62. The Kier molecular flexibility index (Phi) is 5.48. The summed E-state index contributed by atoms with van der Waals surface area (Å²) >= 11 is 1.88. The molecule has 7 heteroatoms. The average Bonchev–Trinajstić information content (AvgIpc) is 2.56. The minimum absolute atomic E-state index is 0.179. The number of esters is 2. The average molecular weight is 436 g/mol. The predicted octanol–water partition coefficient (Wildman–Crippen LogP) is 4.03. The second-order valence-corrected chi connectivity index (χ2v) is 11.7. The highest BCUT2D eigenvalue weighted by Gasteiger charge is 2.56. The maximum absolute atomic E-state index is 12.9. The van der Waals surface area contributed by atoms with E-state index in [1.807, 2.05) is 24.8 Å². The molecule has 6 nitrogen and oxygen atoms in total. The molecule has 1 amide bonds. The molecule has 0 unspecified atom stereocenters. The Morgan fingerprint density at radius 3 is 1.97 bits per heavy atom. The molecular formula is C23H33NO5S. The molecule has 1 aliphatic heterocycles. The smallest absolute Gasteiger partial charge is 0.304 e. The molecule has 4 fully saturated rings. The lowest BCUT2D eigenvalue weighted by molar-refractivity contribution is -0.200. The molecule has 4 aliphatic carbocycles. The normalized spacial score (nSPS) is 42.0. The Bertz CT molecular complexity index is 757. The highest BCUT2D eigenvalue weighted by atomic mass is 32.2. The van der Waals surface area contributed by atoms with E-state index in [9.17, 15) is 14.4 Å². The van der Waals surface area contributed by atoms with Gasteiger partial charge in [-0.15, -0.1) is 11.8 Å². The second-order valence-electron chi connectivity index (χ2n) is 10.1. The molecule has 4 bridgehead atoms. The van der Waals surface area contributed by atoms with E-state index in [-0.39, 0.29) is 16.0 Å². The van der Waals surface area contributed by atoms with Crippen molar-refractivity contribution in [3.63, 3.8) is 0 Å². The molecular weight excluding hydrogens is 402 g/mol. The van der Waals surface area contributed by atoms with Crippen LogP contribution in [0.3, 0.4) is 0 Å². The highest BCUT2D eigenvalue weighted by molar-refractivity contribution is 8.01. The number of hydrogen-bond donors (Lipinski definition) is 0. The van der Waals surface area contributed by atoms with Gasteiger partial charge in [-0.2, -0.15) is 0 Å². The largest absolute Gasteiger partial charge is 0.449 e. The van der Waals surface area contributed by atoms with E-state index in [2.05, 4.69) is 0 Å². The van der Waals surface area contributed by atoms with Crippen molar-refractivity contribution in [3.05, 3.63) is 11.6 Å². The summed E-state index contributed by atoms with van der Waals surface area (Å²) in [4.78, 5) is 38.2. The van der Waals surface area contributed by atoms with Crippen LogP contribution in [0, 0.1) is 17.8 Å². The van der Waals surface area contributed by atoms with Gasteiger partial charge in [0.1, 0.15) is 5.37 Å². The number of amides is 1. The Labute approximate surface area is 183 Å². The van der Waals surface area contributed by atoms with Gasteiger partial charge in [-0.3, -0.25) is 19.3 Å². The van der Waals surface area contributed by atoms with Crippen LogP contribution in [0.25, 0.3) is 0 Å². The van der Waals surface area contributed by atoms with Gasteiger partial charge in [0.15, 0.2) is 5.60 Å². The van der Waals surface area contributed by atoms with Crippen molar-refractivity contribution in [1.82, 2.24) is 4.90 Å². The summed E-state index contributed by atoms with van der Waals surface area (Å²) in [6, 6.07) is 0. The molecule has 4 saturated carbocycles. The van der Waals surface area contributed by atoms with Crippen LogP contribution in [0.5, 0.6) is 0 Å². The lowest BCUT2D eigenvalue weighted by Gasteiger charge is -2.58. The number of thioether (sulfide) groups is 1. The summed E-state index contributed by atoms with van der Waals surface area (Å²) in [7, 11) is 0. The Balaban J connectivity index is 1.69. The summed E-state index contributed by atoms with van der Waals surface area (Å²) in [5.74, 6) is 1.24. The Hall–Kier alpha value is -1.50. The molecule has 5 aliphatic rings. The molecule has 0 aromatic heterocycles. The van der Waals surface area contributed by atoms with E-state index in [0.29, 0.717) is 0 Å². The minimum atomic E-state index is -1.22. The first-order valence-corrected chi connectivity index (χ1v) is 11.9. The van der Waals surface area contributed by atoms with Gasteiger partial charge in [0.25, 0.3) is 0 Å². The van der Waals surface area contributed by atoms with Crippen LogP contribution in [0.2, 0.25) is 0 Å². The van der Waals surface area contributed by atoms with Crippen molar-refractivity contribution in [2.45, 2.75) is 95.1 Å². The van der Waals surface area contributed by atoms with E-state index in [0.717, 1.165) is 23.3 Å². The van der Waals surface area contributed by atoms with Gasteiger partial charge in [0, 0.05) is 25.5 Å². The van der Waals surface area contributed by atoms with Gasteiger partial charge in [0.2, 0.25) is 12.1 Å². The van der Waals surface area contributed by atoms with Crippen LogP contribution in [0.4, 0.5) is 0 Å². The fourth-order valence-electron chi connectivity index (χ4n) is 6.83. The first-order valence-electron chi connectivity index (χ1n) is 11.0. The molecule has 0 aromatic carbocycles. The number of carbonyl (C=O) groups excluding carboxylic acids is 3. The van der Waals surface area contributed by atoms with Crippen molar-refractivity contribution < 1.29 is 23.9 Å². The van der Waals surface area contributed by atoms with Crippen LogP contribution in [0.1, 0.15) is 73.1 Å². The number of carbonyl (C=O) groups is 3. The standard InChI is InChI=1S/C23H33NO5S/c1-13-9-22(5,29-16(4)27)21(28-15(3)26)24(14(2)25)20(13)30-23-10-17-6-18(11-23)8-19(7-17)12-23/h9,17-21H,6-8,10-12H2,1-5H3/t17?,18?,19?,20-,21-,22+,23?/m1/s1. The SMILES string of the molecule is CC(=O)O[C@H]1N(C(C)=O)[C@H](SC23CC4CC(CC(C4)C2)C3)C(C)=C[C@]1(C)OC(C)=O. The van der Waals surface area contributed by atoms with Gasteiger partial charge in [-0.05, 0) is 81.8 Å². The fourth-order valence-corrected chi connectivity index (χ4v) is 8.92. The van der Waals surface area contributed by atoms with Gasteiger partial charge in [0.05, 0.1) is 0 Å². The van der Waals surface area contributed by atoms with Crippen molar-refractivity contribution in [1.29, 1.82) is 0 Å². The van der Waals surface area contributed by atoms with Crippen molar-refractivity contribution in [2.75, 3.05) is 0 Å². The third-order valence-electron chi connectivity index (χ3n) is 7.25. The number of hydrogen-bond acceptors (Lipinski definition) is 6. The molecule has 1 heterocycles. The molecule has 30 heavy (non-hydrogen) atoms. The van der Waals surface area contributed by atoms with E-state index >= 15 is 0 Å². The van der Waals surface area contributed by atoms with Gasteiger partial charge in [-0.25, -0.2) is 0 Å². The maximum Gasteiger partial charge on any atom is 0.304 e. The molecule has 0 aromatic rings. The molecule has 0 spiro atoms. The summed E-state index contributed by atoms with van der Waals surface area (Å²) in [6.45, 7) is 7.83. The molecule has 166 valence electrons. The van der Waals surface area contributed by atoms with Gasteiger partial charge < -0.3 is 9.47 Å². The number of nitrogens with zero attached hydrogens (tertiary/aromatic N) is 1. The van der Waals surface area contributed by atoms with Crippen molar-refractivity contribution in [2.24, 2.45) is 17.8 Å². The lowest BCUT2D eigenvalue weighted by Crippen LogP contribution is -2.62. The molecule has 0 radical (unpaired) electrons. The molecule has 5 rings (SSSR count). The number of ether oxygens (including phenoxy) is 2. The van der Waals surface area contributed by atoms with Crippen molar-refractivity contribution >= 4 is 29.6 Å². The zero-order valence-corrected chi connectivity index (χ0v) is 19.4. The monoisotopic (exact) mass is 435 g/mol. The second kappa shape index (κ2) is 7.57. The fraction of sp³-hybridized carbons (Fsp3) is 0.783. The van der Waals surface area contributed by atoms with Crippen molar-refractivity contribution in [3.8, 4) is 0 Å². The first kappa shape index (κ1) is 21.7. The first-order chi connectivity index (χ1) is 14.0. The minimum Gasteiger partial charge on any atom is -0.449 e. The van der Waals surface area contributed by atoms with Crippen LogP contribution in [-0.4, -0.2) is 44.7 Å². The molecule has 3 atom stereocenters. The molecule has 0 N–H and O–H groups in total. The van der Waals surface area contributed by atoms with Crippen LogP contribution in [-0.2, 0) is 23.9 Å². The van der Waals surface area contributed by atoms with E-state index < -0.39 is 23.8 Å². The van der Waals surface area contributed by atoms with E-state index in [4.69, 9.17) is 9.47 Å². The van der Waals surface area contributed by atoms with Gasteiger partial charge in [-0.1, -0.05) is 0 Å². The Morgan fingerprint density at radius 2 is 1.53 bits per heavy atom. The summed E-state index contributed by atoms with van der Waals surface area (Å²) < 4.78 is 11.4. The predicted molar refractivity (Wildman–Crippen MR) is 114 cm³/mol. The van der Waals surface area contributed by atoms with Crippen LogP contribution >= 0.6 is 11.8 Å². The maximum atomic E-state index is 12.9. The molecule has 0 saturated heterocycles. The Morgan fingerprint density at radius 1 is 1.00 bits per heavy atom. The van der Waals surface area contributed by atoms with E-state index in [1.165, 1.54) is 59.3 Å². The van der Waals surface area contributed by atoms with Crippen LogP contribution < -0.4 is 0 Å². The zero-order chi connectivity index (χ0) is 21.8. The quantitative estimate of drug-likeness (QED) is 0.490.